The molecule has 0 aliphatic rings. The molecule has 3 heteroatoms. The van der Waals surface area contributed by atoms with Gasteiger partial charge in [0.15, 0.2) is 11.5 Å². The van der Waals surface area contributed by atoms with Crippen LogP contribution in [0.2, 0.25) is 0 Å². The molecular formula is C12H18O3. The van der Waals surface area contributed by atoms with Crippen LogP contribution >= 0.6 is 0 Å². The Morgan fingerprint density at radius 3 is 2.73 bits per heavy atom. The standard InChI is InChI=1S/C12H18O3/c1-3-4-8-15-9(2)10-6-5-7-11(13)12(10)14/h5-7,9,13-14H,3-4,8H2,1-2H3. The van der Waals surface area contributed by atoms with Gasteiger partial charge in [0.25, 0.3) is 0 Å². The fourth-order valence-electron chi connectivity index (χ4n) is 1.37. The van der Waals surface area contributed by atoms with Gasteiger partial charge in [-0.1, -0.05) is 25.5 Å². The van der Waals surface area contributed by atoms with Gasteiger partial charge >= 0.3 is 0 Å². The molecule has 0 saturated carbocycles. The summed E-state index contributed by atoms with van der Waals surface area (Å²) in [5.41, 5.74) is 0.631. The van der Waals surface area contributed by atoms with Crippen LogP contribution in [0.1, 0.15) is 38.4 Å². The number of ether oxygens (including phenoxy) is 1. The molecule has 1 unspecified atom stereocenters. The second-order valence-electron chi connectivity index (χ2n) is 3.58. The summed E-state index contributed by atoms with van der Waals surface area (Å²) in [6.07, 6.45) is 1.89. The van der Waals surface area contributed by atoms with Gasteiger partial charge in [-0.2, -0.15) is 0 Å². The zero-order valence-electron chi connectivity index (χ0n) is 9.23. The van der Waals surface area contributed by atoms with Gasteiger partial charge in [-0.15, -0.1) is 0 Å². The van der Waals surface area contributed by atoms with Crippen molar-refractivity contribution < 1.29 is 14.9 Å². The van der Waals surface area contributed by atoms with E-state index in [0.29, 0.717) is 12.2 Å². The lowest BCUT2D eigenvalue weighted by Crippen LogP contribution is -2.01. The number of unbranched alkanes of at least 4 members (excludes halogenated alkanes) is 1. The highest BCUT2D eigenvalue weighted by atomic mass is 16.5. The van der Waals surface area contributed by atoms with Crippen molar-refractivity contribution in [2.75, 3.05) is 6.61 Å². The van der Waals surface area contributed by atoms with E-state index >= 15 is 0 Å². The van der Waals surface area contributed by atoms with Gasteiger partial charge in [-0.25, -0.2) is 0 Å². The van der Waals surface area contributed by atoms with Gasteiger partial charge in [-0.3, -0.25) is 0 Å². The third-order valence-corrected chi connectivity index (χ3v) is 2.35. The molecule has 2 N–H and O–H groups in total. The first-order valence-corrected chi connectivity index (χ1v) is 5.29. The number of hydrogen-bond donors (Lipinski definition) is 2. The number of phenols is 2. The third-order valence-electron chi connectivity index (χ3n) is 2.35. The van der Waals surface area contributed by atoms with Crippen LogP contribution in [0.3, 0.4) is 0 Å². The molecule has 84 valence electrons. The molecule has 0 bridgehead atoms. The van der Waals surface area contributed by atoms with Crippen molar-refractivity contribution in [2.24, 2.45) is 0 Å². The second kappa shape index (κ2) is 5.61. The van der Waals surface area contributed by atoms with E-state index in [4.69, 9.17) is 4.74 Å². The van der Waals surface area contributed by atoms with Gasteiger partial charge in [-0.05, 0) is 19.4 Å². The molecule has 1 rings (SSSR count). The van der Waals surface area contributed by atoms with Crippen molar-refractivity contribution in [3.8, 4) is 11.5 Å². The third kappa shape index (κ3) is 3.13. The van der Waals surface area contributed by atoms with Gasteiger partial charge in [0.05, 0.1) is 6.10 Å². The number of benzene rings is 1. The maximum absolute atomic E-state index is 9.59. The monoisotopic (exact) mass is 210 g/mol. The Morgan fingerprint density at radius 2 is 2.07 bits per heavy atom. The van der Waals surface area contributed by atoms with E-state index in [1.165, 1.54) is 6.07 Å². The normalized spacial score (nSPS) is 12.7. The lowest BCUT2D eigenvalue weighted by atomic mass is 10.1. The Balaban J connectivity index is 2.65. The van der Waals surface area contributed by atoms with Crippen LogP contribution in [-0.2, 0) is 4.74 Å². The summed E-state index contributed by atoms with van der Waals surface area (Å²) in [5, 5.41) is 18.9. The van der Waals surface area contributed by atoms with Crippen LogP contribution in [0.5, 0.6) is 11.5 Å². The minimum Gasteiger partial charge on any atom is -0.504 e. The molecule has 0 amide bonds. The van der Waals surface area contributed by atoms with E-state index < -0.39 is 0 Å². The Kier molecular flexibility index (Phi) is 4.43. The lowest BCUT2D eigenvalue weighted by molar-refractivity contribution is 0.0618. The fraction of sp³-hybridized carbons (Fsp3) is 0.500. The van der Waals surface area contributed by atoms with Gasteiger partial charge in [0.2, 0.25) is 0 Å². The molecule has 1 aromatic rings. The second-order valence-corrected chi connectivity index (χ2v) is 3.58. The summed E-state index contributed by atoms with van der Waals surface area (Å²) in [5.74, 6) is -0.181. The van der Waals surface area contributed by atoms with Gasteiger partial charge in [0.1, 0.15) is 0 Å². The zero-order chi connectivity index (χ0) is 11.3. The Bertz CT molecular complexity index is 310. The van der Waals surface area contributed by atoms with Crippen molar-refractivity contribution in [1.29, 1.82) is 0 Å². The average molecular weight is 210 g/mol. The Labute approximate surface area is 90.3 Å². The molecule has 0 aliphatic carbocycles. The molecule has 0 heterocycles. The summed E-state index contributed by atoms with van der Waals surface area (Å²) in [6.45, 7) is 4.64. The van der Waals surface area contributed by atoms with Crippen molar-refractivity contribution in [3.05, 3.63) is 23.8 Å². The van der Waals surface area contributed by atoms with E-state index in [-0.39, 0.29) is 17.6 Å². The first-order valence-electron chi connectivity index (χ1n) is 5.29. The zero-order valence-corrected chi connectivity index (χ0v) is 9.23. The first-order chi connectivity index (χ1) is 7.16. The van der Waals surface area contributed by atoms with Crippen molar-refractivity contribution in [3.63, 3.8) is 0 Å². The molecule has 1 aromatic carbocycles. The summed E-state index contributed by atoms with van der Waals surface area (Å²) < 4.78 is 5.53. The lowest BCUT2D eigenvalue weighted by Gasteiger charge is -2.14. The number of aromatic hydroxyl groups is 2. The summed E-state index contributed by atoms with van der Waals surface area (Å²) in [6, 6.07) is 4.91. The van der Waals surface area contributed by atoms with Gasteiger partial charge in [0, 0.05) is 12.2 Å². The van der Waals surface area contributed by atoms with Crippen LogP contribution < -0.4 is 0 Å². The summed E-state index contributed by atoms with van der Waals surface area (Å²) in [7, 11) is 0. The van der Waals surface area contributed by atoms with E-state index in [1.807, 2.05) is 6.92 Å². The average Bonchev–Trinajstić information content (AvgIpc) is 2.22. The van der Waals surface area contributed by atoms with Crippen molar-refractivity contribution in [2.45, 2.75) is 32.8 Å². The molecule has 3 nitrogen and oxygen atoms in total. The smallest absolute Gasteiger partial charge is 0.163 e. The molecule has 0 radical (unpaired) electrons. The van der Waals surface area contributed by atoms with Crippen LogP contribution in [0.15, 0.2) is 18.2 Å². The molecule has 0 aromatic heterocycles. The molecule has 15 heavy (non-hydrogen) atoms. The van der Waals surface area contributed by atoms with Crippen molar-refractivity contribution in [1.82, 2.24) is 0 Å². The van der Waals surface area contributed by atoms with Crippen LogP contribution in [-0.4, -0.2) is 16.8 Å². The Morgan fingerprint density at radius 1 is 1.33 bits per heavy atom. The quantitative estimate of drug-likeness (QED) is 0.580. The molecule has 1 atom stereocenters. The molecule has 0 spiro atoms. The van der Waals surface area contributed by atoms with E-state index in [0.717, 1.165) is 12.8 Å². The van der Waals surface area contributed by atoms with E-state index in [2.05, 4.69) is 6.92 Å². The first kappa shape index (κ1) is 11.9. The van der Waals surface area contributed by atoms with Gasteiger partial charge < -0.3 is 14.9 Å². The van der Waals surface area contributed by atoms with E-state index in [9.17, 15) is 10.2 Å². The highest BCUT2D eigenvalue weighted by molar-refractivity contribution is 5.45. The SMILES string of the molecule is CCCCOC(C)c1cccc(O)c1O. The highest BCUT2D eigenvalue weighted by Crippen LogP contribution is 2.33. The maximum atomic E-state index is 9.59. The highest BCUT2D eigenvalue weighted by Gasteiger charge is 2.12. The number of rotatable bonds is 5. The number of hydrogen-bond acceptors (Lipinski definition) is 3. The molecule has 0 aliphatic heterocycles. The Hall–Kier alpha value is -1.22. The van der Waals surface area contributed by atoms with E-state index in [1.54, 1.807) is 12.1 Å². The van der Waals surface area contributed by atoms with Crippen LogP contribution in [0, 0.1) is 0 Å². The fourth-order valence-corrected chi connectivity index (χ4v) is 1.37. The molecule has 0 saturated heterocycles. The molecular weight excluding hydrogens is 192 g/mol. The number of phenolic OH excluding ortho intramolecular Hbond substituents is 2. The predicted octanol–water partition coefficient (Wildman–Crippen LogP) is 2.98. The van der Waals surface area contributed by atoms with Crippen LogP contribution in [0.4, 0.5) is 0 Å². The topological polar surface area (TPSA) is 49.7 Å². The van der Waals surface area contributed by atoms with Crippen molar-refractivity contribution >= 4 is 0 Å². The molecule has 0 fully saturated rings. The predicted molar refractivity (Wildman–Crippen MR) is 59.0 cm³/mol. The minimum atomic E-state index is -0.191. The summed E-state index contributed by atoms with van der Waals surface area (Å²) in [4.78, 5) is 0. The number of para-hydroxylation sites is 1. The summed E-state index contributed by atoms with van der Waals surface area (Å²) >= 11 is 0. The van der Waals surface area contributed by atoms with Crippen LogP contribution in [0.25, 0.3) is 0 Å². The largest absolute Gasteiger partial charge is 0.504 e. The minimum absolute atomic E-state index is 0.0819. The maximum Gasteiger partial charge on any atom is 0.163 e.